The van der Waals surface area contributed by atoms with Gasteiger partial charge in [0.25, 0.3) is 0 Å². The van der Waals surface area contributed by atoms with E-state index < -0.39 is 48.6 Å². The molecule has 0 fully saturated rings. The van der Waals surface area contributed by atoms with Gasteiger partial charge in [0.15, 0.2) is 35.7 Å². The summed E-state index contributed by atoms with van der Waals surface area (Å²) >= 11 is 0. The van der Waals surface area contributed by atoms with Gasteiger partial charge in [0.05, 0.1) is 6.42 Å². The number of aliphatic hydroxyl groups excluding tert-OH is 3. The molecule has 0 aromatic rings. The monoisotopic (exact) mass is 378 g/mol. The molecule has 3 atom stereocenters. The SMILES string of the molecule is O=C(O)C(O)C(O)C(=O)O.O=C(O)CC(O)C(=O)O.[AlH3].[Zn]. The maximum absolute atomic E-state index is 9.77. The van der Waals surface area contributed by atoms with Gasteiger partial charge in [-0.05, 0) is 0 Å². The number of rotatable bonds is 6. The molecule has 0 saturated heterocycles. The Balaban J connectivity index is -0.000000126. The zero-order chi connectivity index (χ0) is 15.7. The second kappa shape index (κ2) is 13.9. The molecule has 0 amide bonds. The van der Waals surface area contributed by atoms with Crippen LogP contribution in [0.15, 0.2) is 0 Å². The molecule has 0 aliphatic carbocycles. The van der Waals surface area contributed by atoms with Crippen LogP contribution in [0.3, 0.4) is 0 Å². The van der Waals surface area contributed by atoms with Crippen molar-refractivity contribution in [3.8, 4) is 0 Å². The molecular formula is C8H15AlO11Zn. The third kappa shape index (κ3) is 15.1. The van der Waals surface area contributed by atoms with E-state index in [0.29, 0.717) is 0 Å². The molecule has 118 valence electrons. The molecule has 0 aliphatic rings. The van der Waals surface area contributed by atoms with E-state index in [1.165, 1.54) is 0 Å². The van der Waals surface area contributed by atoms with E-state index >= 15 is 0 Å². The molecular weight excluding hydrogens is 364 g/mol. The maximum atomic E-state index is 9.77. The Morgan fingerprint density at radius 1 is 0.714 bits per heavy atom. The third-order valence-corrected chi connectivity index (χ3v) is 1.46. The van der Waals surface area contributed by atoms with Crippen LogP contribution in [0.25, 0.3) is 0 Å². The van der Waals surface area contributed by atoms with Crippen LogP contribution in [0.5, 0.6) is 0 Å². The van der Waals surface area contributed by atoms with Gasteiger partial charge in [-0.1, -0.05) is 0 Å². The number of carbonyl (C=O) groups is 4. The molecule has 0 bridgehead atoms. The first-order chi connectivity index (χ1) is 8.50. The molecule has 0 aromatic carbocycles. The Morgan fingerprint density at radius 2 is 1.00 bits per heavy atom. The van der Waals surface area contributed by atoms with Crippen LogP contribution in [0.1, 0.15) is 6.42 Å². The summed E-state index contributed by atoms with van der Waals surface area (Å²) in [5, 5.41) is 56.7. The number of carboxylic acids is 4. The van der Waals surface area contributed by atoms with Crippen LogP contribution in [-0.4, -0.2) is 95.3 Å². The van der Waals surface area contributed by atoms with Gasteiger partial charge in [-0.3, -0.25) is 4.79 Å². The summed E-state index contributed by atoms with van der Waals surface area (Å²) in [6, 6.07) is 0. The molecule has 11 nitrogen and oxygen atoms in total. The maximum Gasteiger partial charge on any atom is 0.335 e. The molecule has 0 saturated carbocycles. The summed E-state index contributed by atoms with van der Waals surface area (Å²) in [5.74, 6) is -6.38. The summed E-state index contributed by atoms with van der Waals surface area (Å²) in [6.45, 7) is 0. The first kappa shape index (κ1) is 28.1. The van der Waals surface area contributed by atoms with Crippen LogP contribution in [0.2, 0.25) is 0 Å². The summed E-state index contributed by atoms with van der Waals surface area (Å²) < 4.78 is 0. The molecule has 0 aliphatic heterocycles. The molecule has 0 spiro atoms. The molecule has 0 aromatic heterocycles. The van der Waals surface area contributed by atoms with Gasteiger partial charge < -0.3 is 35.7 Å². The smallest absolute Gasteiger partial charge is 0.335 e. The van der Waals surface area contributed by atoms with Crippen LogP contribution in [0.4, 0.5) is 0 Å². The van der Waals surface area contributed by atoms with Crippen molar-refractivity contribution in [2.24, 2.45) is 0 Å². The topological polar surface area (TPSA) is 210 Å². The molecule has 0 heterocycles. The Kier molecular flexibility index (Phi) is 18.6. The Labute approximate surface area is 140 Å². The number of hydrogen-bond acceptors (Lipinski definition) is 7. The van der Waals surface area contributed by atoms with Gasteiger partial charge in [0.1, 0.15) is 0 Å². The molecule has 13 heteroatoms. The molecule has 3 unspecified atom stereocenters. The molecule has 21 heavy (non-hydrogen) atoms. The van der Waals surface area contributed by atoms with Gasteiger partial charge in [0.2, 0.25) is 0 Å². The standard InChI is InChI=1S/C4H6O6.C4H6O5.Al.Zn.3H/c5-1(3(7)8)2(6)4(9)10;5-2(4(8)9)1-3(6)7;;;;;/h1-2,5-6H,(H,7,8)(H,9,10);2,5H,1H2,(H,6,7)(H,8,9);;;;;. The van der Waals surface area contributed by atoms with E-state index in [1.54, 1.807) is 0 Å². The zero-order valence-corrected chi connectivity index (χ0v) is 12.9. The first-order valence-electron chi connectivity index (χ1n) is 4.45. The minimum atomic E-state index is -2.27. The average Bonchev–Trinajstić information content (AvgIpc) is 2.26. The predicted molar refractivity (Wildman–Crippen MR) is 63.1 cm³/mol. The van der Waals surface area contributed by atoms with Crippen molar-refractivity contribution in [1.82, 2.24) is 0 Å². The largest absolute Gasteiger partial charge is 0.481 e. The molecule has 0 rings (SSSR count). The summed E-state index contributed by atoms with van der Waals surface area (Å²) in [5.41, 5.74) is 0. The van der Waals surface area contributed by atoms with E-state index in [9.17, 15) is 19.2 Å². The number of aliphatic carboxylic acids is 4. The summed E-state index contributed by atoms with van der Waals surface area (Å²) in [6.07, 6.45) is -7.08. The van der Waals surface area contributed by atoms with E-state index in [-0.39, 0.29) is 36.8 Å². The van der Waals surface area contributed by atoms with E-state index in [0.717, 1.165) is 0 Å². The van der Waals surface area contributed by atoms with Gasteiger partial charge in [-0.2, -0.15) is 0 Å². The Morgan fingerprint density at radius 3 is 1.10 bits per heavy atom. The minimum absolute atomic E-state index is 0. The van der Waals surface area contributed by atoms with Gasteiger partial charge in [0, 0.05) is 19.5 Å². The van der Waals surface area contributed by atoms with Crippen molar-refractivity contribution in [1.29, 1.82) is 0 Å². The van der Waals surface area contributed by atoms with Crippen molar-refractivity contribution in [2.45, 2.75) is 24.7 Å². The predicted octanol–water partition coefficient (Wildman–Crippen LogP) is -4.40. The second-order valence-electron chi connectivity index (χ2n) is 3.02. The molecule has 7 N–H and O–H groups in total. The van der Waals surface area contributed by atoms with Crippen LogP contribution in [-0.2, 0) is 38.7 Å². The van der Waals surface area contributed by atoms with Crippen molar-refractivity contribution in [3.63, 3.8) is 0 Å². The summed E-state index contributed by atoms with van der Waals surface area (Å²) in [4.78, 5) is 39.0. The average molecular weight is 380 g/mol. The quantitative estimate of drug-likeness (QED) is 0.219. The zero-order valence-electron chi connectivity index (χ0n) is 9.91. The third-order valence-electron chi connectivity index (χ3n) is 1.46. The normalized spacial score (nSPS) is 12.9. The van der Waals surface area contributed by atoms with Gasteiger partial charge >= 0.3 is 23.9 Å². The molecule has 0 radical (unpaired) electrons. The van der Waals surface area contributed by atoms with Crippen LogP contribution < -0.4 is 0 Å². The second-order valence-corrected chi connectivity index (χ2v) is 3.02. The number of carboxylic acid groups (broad SMARTS) is 4. The van der Waals surface area contributed by atoms with E-state index in [1.807, 2.05) is 0 Å². The van der Waals surface area contributed by atoms with Gasteiger partial charge in [-0.25, -0.2) is 14.4 Å². The Hall–Kier alpha value is -1.08. The fourth-order valence-corrected chi connectivity index (χ4v) is 0.523. The number of hydrogen-bond donors (Lipinski definition) is 7. The van der Waals surface area contributed by atoms with Crippen molar-refractivity contribution >= 4 is 41.2 Å². The van der Waals surface area contributed by atoms with Crippen LogP contribution in [0, 0.1) is 0 Å². The van der Waals surface area contributed by atoms with Gasteiger partial charge in [-0.15, -0.1) is 0 Å². The van der Waals surface area contributed by atoms with Crippen molar-refractivity contribution in [2.75, 3.05) is 0 Å². The fraction of sp³-hybridized carbons (Fsp3) is 0.500. The minimum Gasteiger partial charge on any atom is -0.481 e. The number of aliphatic hydroxyl groups is 3. The van der Waals surface area contributed by atoms with Crippen molar-refractivity contribution in [3.05, 3.63) is 0 Å². The van der Waals surface area contributed by atoms with Crippen molar-refractivity contribution < 1.29 is 74.4 Å². The van der Waals surface area contributed by atoms with E-state index in [2.05, 4.69) is 0 Å². The Bertz CT molecular complexity index is 342. The fourth-order valence-electron chi connectivity index (χ4n) is 0.523. The first-order valence-corrected chi connectivity index (χ1v) is 4.45. The summed E-state index contributed by atoms with van der Waals surface area (Å²) in [7, 11) is 0. The van der Waals surface area contributed by atoms with E-state index in [4.69, 9.17) is 35.7 Å². The van der Waals surface area contributed by atoms with Crippen LogP contribution >= 0.6 is 0 Å².